The molecule has 2 nitrogen and oxygen atoms in total. The second kappa shape index (κ2) is 11.0. The number of methoxy groups -OCH3 is 1. The third kappa shape index (κ3) is 6.09. The lowest BCUT2D eigenvalue weighted by atomic mass is 9.57. The number of hydrogen-bond donors (Lipinski definition) is 0. The van der Waals surface area contributed by atoms with Crippen molar-refractivity contribution in [3.8, 4) is 0 Å². The summed E-state index contributed by atoms with van der Waals surface area (Å²) in [6.45, 7) is 13.5. The van der Waals surface area contributed by atoms with E-state index in [0.29, 0.717) is 6.42 Å². The smallest absolute Gasteiger partial charge is 0.311 e. The van der Waals surface area contributed by atoms with Crippen LogP contribution in [-0.2, 0) is 25.8 Å². The lowest BCUT2D eigenvalue weighted by Crippen LogP contribution is -2.42. The summed E-state index contributed by atoms with van der Waals surface area (Å²) < 4.78 is 5.23. The lowest BCUT2D eigenvalue weighted by Gasteiger charge is -2.47. The van der Waals surface area contributed by atoms with Gasteiger partial charge in [-0.1, -0.05) is 119 Å². The van der Waals surface area contributed by atoms with E-state index in [1.807, 2.05) is 13.8 Å². The molecular weight excluding hydrogens is 440 g/mol. The molecule has 0 aliphatic rings. The van der Waals surface area contributed by atoms with Gasteiger partial charge in [0.1, 0.15) is 0 Å². The lowest BCUT2D eigenvalue weighted by molar-refractivity contribution is -0.152. The molecule has 0 bridgehead atoms. The van der Waals surface area contributed by atoms with E-state index in [1.54, 1.807) is 0 Å². The molecular formula is C34H44O2. The molecule has 0 aliphatic heterocycles. The molecule has 0 spiro atoms. The van der Waals surface area contributed by atoms with E-state index in [0.717, 1.165) is 19.3 Å². The van der Waals surface area contributed by atoms with Crippen LogP contribution in [0, 0.1) is 5.41 Å². The summed E-state index contributed by atoms with van der Waals surface area (Å²) in [4.78, 5) is 12.8. The van der Waals surface area contributed by atoms with Crippen LogP contribution in [-0.4, -0.2) is 13.1 Å². The Kier molecular flexibility index (Phi) is 8.49. The highest BCUT2D eigenvalue weighted by Crippen LogP contribution is 2.51. The van der Waals surface area contributed by atoms with Gasteiger partial charge in [-0.15, -0.1) is 0 Å². The SMILES string of the molecule is CCC(C)(CC(C)(CC(C)(CC(C)(C)C(=O)OC)c1ccccc1)c1ccccc1)c1ccccc1. The van der Waals surface area contributed by atoms with E-state index in [2.05, 4.69) is 119 Å². The maximum absolute atomic E-state index is 12.8. The molecule has 2 heteroatoms. The van der Waals surface area contributed by atoms with E-state index in [4.69, 9.17) is 4.74 Å². The van der Waals surface area contributed by atoms with Gasteiger partial charge in [0.05, 0.1) is 12.5 Å². The average Bonchev–Trinajstić information content (AvgIpc) is 2.89. The van der Waals surface area contributed by atoms with E-state index in [1.165, 1.54) is 23.8 Å². The third-order valence-corrected chi connectivity index (χ3v) is 8.32. The van der Waals surface area contributed by atoms with Crippen molar-refractivity contribution in [2.45, 2.75) is 83.5 Å². The topological polar surface area (TPSA) is 26.3 Å². The summed E-state index contributed by atoms with van der Waals surface area (Å²) in [5.41, 5.74) is 3.03. The van der Waals surface area contributed by atoms with Crippen LogP contribution in [0.5, 0.6) is 0 Å². The normalized spacial score (nSPS) is 16.9. The fourth-order valence-electron chi connectivity index (χ4n) is 6.53. The molecule has 0 aliphatic carbocycles. The van der Waals surface area contributed by atoms with Crippen LogP contribution in [0.3, 0.4) is 0 Å². The van der Waals surface area contributed by atoms with Gasteiger partial charge in [0, 0.05) is 0 Å². The molecule has 3 rings (SSSR count). The number of carbonyl (C=O) groups is 1. The largest absolute Gasteiger partial charge is 0.469 e. The molecule has 0 amide bonds. The van der Waals surface area contributed by atoms with Gasteiger partial charge >= 0.3 is 5.97 Å². The van der Waals surface area contributed by atoms with Crippen molar-refractivity contribution >= 4 is 5.97 Å². The van der Waals surface area contributed by atoms with Crippen molar-refractivity contribution in [3.63, 3.8) is 0 Å². The zero-order chi connectivity index (χ0) is 26.5. The summed E-state index contributed by atoms with van der Waals surface area (Å²) in [7, 11) is 1.49. The van der Waals surface area contributed by atoms with E-state index < -0.39 is 5.41 Å². The third-order valence-electron chi connectivity index (χ3n) is 8.32. The Bertz CT molecular complexity index is 1110. The minimum atomic E-state index is -0.607. The van der Waals surface area contributed by atoms with Gasteiger partial charge in [-0.05, 0) is 72.5 Å². The first kappa shape index (κ1) is 27.7. The fourth-order valence-corrected chi connectivity index (χ4v) is 6.53. The van der Waals surface area contributed by atoms with Crippen molar-refractivity contribution in [2.75, 3.05) is 7.11 Å². The van der Waals surface area contributed by atoms with Crippen LogP contribution >= 0.6 is 0 Å². The Hall–Kier alpha value is -2.87. The van der Waals surface area contributed by atoms with Crippen molar-refractivity contribution in [1.82, 2.24) is 0 Å². The van der Waals surface area contributed by atoms with Gasteiger partial charge in [0.2, 0.25) is 0 Å². The van der Waals surface area contributed by atoms with Gasteiger partial charge in [0.25, 0.3) is 0 Å². The summed E-state index contributed by atoms with van der Waals surface area (Å²) in [5, 5.41) is 0. The zero-order valence-corrected chi connectivity index (χ0v) is 23.3. The van der Waals surface area contributed by atoms with Crippen molar-refractivity contribution < 1.29 is 9.53 Å². The Morgan fingerprint density at radius 3 is 1.28 bits per heavy atom. The van der Waals surface area contributed by atoms with Crippen molar-refractivity contribution in [1.29, 1.82) is 0 Å². The van der Waals surface area contributed by atoms with Crippen LogP contribution in [0.15, 0.2) is 91.0 Å². The van der Waals surface area contributed by atoms with Crippen LogP contribution in [0.2, 0.25) is 0 Å². The Balaban J connectivity index is 2.14. The van der Waals surface area contributed by atoms with E-state index >= 15 is 0 Å². The molecule has 3 unspecified atom stereocenters. The Morgan fingerprint density at radius 1 is 0.583 bits per heavy atom. The second-order valence-corrected chi connectivity index (χ2v) is 12.0. The van der Waals surface area contributed by atoms with Crippen LogP contribution in [0.1, 0.15) is 83.9 Å². The average molecular weight is 485 g/mol. The second-order valence-electron chi connectivity index (χ2n) is 12.0. The van der Waals surface area contributed by atoms with E-state index in [-0.39, 0.29) is 22.2 Å². The zero-order valence-electron chi connectivity index (χ0n) is 23.3. The molecule has 3 aromatic carbocycles. The van der Waals surface area contributed by atoms with Gasteiger partial charge in [-0.3, -0.25) is 4.79 Å². The number of hydrogen-bond acceptors (Lipinski definition) is 2. The molecule has 0 aromatic heterocycles. The Morgan fingerprint density at radius 2 is 0.917 bits per heavy atom. The quantitative estimate of drug-likeness (QED) is 0.255. The first-order valence-corrected chi connectivity index (χ1v) is 13.2. The maximum atomic E-state index is 12.8. The Labute approximate surface area is 219 Å². The maximum Gasteiger partial charge on any atom is 0.311 e. The number of ether oxygens (including phenoxy) is 1. The molecule has 3 aromatic rings. The van der Waals surface area contributed by atoms with Crippen LogP contribution in [0.4, 0.5) is 0 Å². The minimum Gasteiger partial charge on any atom is -0.469 e. The molecule has 0 saturated heterocycles. The van der Waals surface area contributed by atoms with Crippen molar-refractivity contribution in [2.24, 2.45) is 5.41 Å². The van der Waals surface area contributed by atoms with Crippen LogP contribution < -0.4 is 0 Å². The molecule has 3 atom stereocenters. The predicted octanol–water partition coefficient (Wildman–Crippen LogP) is 8.64. The number of carbonyl (C=O) groups excluding carboxylic acids is 1. The summed E-state index contributed by atoms with van der Waals surface area (Å²) in [6.07, 6.45) is 3.67. The molecule has 192 valence electrons. The molecule has 36 heavy (non-hydrogen) atoms. The van der Waals surface area contributed by atoms with Crippen LogP contribution in [0.25, 0.3) is 0 Å². The number of rotatable bonds is 11. The molecule has 0 heterocycles. The highest BCUT2D eigenvalue weighted by Gasteiger charge is 2.46. The number of benzene rings is 3. The molecule has 0 saturated carbocycles. The van der Waals surface area contributed by atoms with Gasteiger partial charge in [0.15, 0.2) is 0 Å². The van der Waals surface area contributed by atoms with E-state index in [9.17, 15) is 4.79 Å². The van der Waals surface area contributed by atoms with Gasteiger partial charge in [-0.25, -0.2) is 0 Å². The molecule has 0 fully saturated rings. The fraction of sp³-hybridized carbons (Fsp3) is 0.441. The minimum absolute atomic E-state index is 0.0152. The summed E-state index contributed by atoms with van der Waals surface area (Å²) in [5.74, 6) is -0.159. The van der Waals surface area contributed by atoms with Gasteiger partial charge in [-0.2, -0.15) is 0 Å². The molecule has 0 N–H and O–H groups in total. The predicted molar refractivity (Wildman–Crippen MR) is 151 cm³/mol. The molecule has 0 radical (unpaired) electrons. The van der Waals surface area contributed by atoms with Crippen molar-refractivity contribution in [3.05, 3.63) is 108 Å². The number of esters is 1. The first-order valence-electron chi connectivity index (χ1n) is 13.2. The summed E-state index contributed by atoms with van der Waals surface area (Å²) >= 11 is 0. The highest BCUT2D eigenvalue weighted by molar-refractivity contribution is 5.76. The highest BCUT2D eigenvalue weighted by atomic mass is 16.5. The summed E-state index contributed by atoms with van der Waals surface area (Å²) in [6, 6.07) is 32.6. The first-order chi connectivity index (χ1) is 17.0. The standard InChI is InChI=1S/C34H44O2/c1-8-32(4,27-18-12-9-13-19-27)25-34(6,29-22-16-11-17-23-29)26-33(5,28-20-14-10-15-21-28)24-31(2,3)30(35)36-7/h9-23H,8,24-26H2,1-7H3. The van der Waals surface area contributed by atoms with Gasteiger partial charge < -0.3 is 4.74 Å². The monoisotopic (exact) mass is 484 g/mol.